The van der Waals surface area contributed by atoms with Gasteiger partial charge in [-0.2, -0.15) is 0 Å². The summed E-state index contributed by atoms with van der Waals surface area (Å²) < 4.78 is 66.3. The Bertz CT molecular complexity index is 2410. The molecule has 338 valence electrons. The molecule has 14 nitrogen and oxygen atoms in total. The van der Waals surface area contributed by atoms with Gasteiger partial charge in [-0.25, -0.2) is 4.79 Å². The molecule has 2 aromatic carbocycles. The van der Waals surface area contributed by atoms with Gasteiger partial charge >= 0.3 is 240 Å². The van der Waals surface area contributed by atoms with Gasteiger partial charge in [-0.1, -0.05) is 0 Å². The quantitative estimate of drug-likeness (QED) is 0.0727. The van der Waals surface area contributed by atoms with Crippen molar-refractivity contribution in [2.45, 2.75) is 115 Å². The van der Waals surface area contributed by atoms with E-state index in [1.165, 1.54) is 6.07 Å². The molecule has 4 aromatic rings. The number of benzene rings is 2. The summed E-state index contributed by atoms with van der Waals surface area (Å²) in [7, 11) is 0. The maximum atomic E-state index is 17.7. The first-order chi connectivity index (χ1) is 30.9. The number of carboxylic acids is 1. The summed E-state index contributed by atoms with van der Waals surface area (Å²) in [6, 6.07) is 6.28. The zero-order valence-corrected chi connectivity index (χ0v) is 41.2. The summed E-state index contributed by atoms with van der Waals surface area (Å²) in [6.45, 7) is 9.90. The van der Waals surface area contributed by atoms with E-state index < -0.39 is 29.5 Å². The molecule has 4 atom stereocenters. The van der Waals surface area contributed by atoms with Crippen LogP contribution in [0.5, 0.6) is 11.8 Å². The van der Waals surface area contributed by atoms with Gasteiger partial charge in [-0.15, -0.1) is 0 Å². The van der Waals surface area contributed by atoms with Gasteiger partial charge in [0.25, 0.3) is 0 Å². The molecule has 0 radical (unpaired) electrons. The van der Waals surface area contributed by atoms with Crippen molar-refractivity contribution in [3.05, 3.63) is 47.7 Å². The number of anilines is 1. The molecule has 2 bridgehead atoms. The Balaban J connectivity index is 1.14. The monoisotopic (exact) mass is 1070 g/mol. The van der Waals surface area contributed by atoms with E-state index in [1.54, 1.807) is 24.4 Å². The van der Waals surface area contributed by atoms with Gasteiger partial charge in [0, 0.05) is 32.2 Å². The molecule has 0 aliphatic carbocycles. The van der Waals surface area contributed by atoms with E-state index in [1.807, 2.05) is 25.7 Å². The first kappa shape index (κ1) is 46.1. The molecule has 64 heavy (non-hydrogen) atoms. The molecule has 17 heteroatoms. The second-order valence-electron chi connectivity index (χ2n) is 18.0. The van der Waals surface area contributed by atoms with Gasteiger partial charge in [0.2, 0.25) is 0 Å². The number of piperazine rings is 1. The van der Waals surface area contributed by atoms with Crippen LogP contribution >= 0.6 is 0 Å². The molecular weight excluding hydrogens is 1020 g/mol. The number of hydrogen-bond acceptors (Lipinski definition) is 12. The third-order valence-electron chi connectivity index (χ3n) is 12.2. The number of likely N-dealkylation sites (tertiary alicyclic amines) is 1. The number of amides is 1. The number of ether oxygens (including phenoxy) is 5. The number of carbonyl (C=O) groups excluding carboxylic acids is 1. The van der Waals surface area contributed by atoms with E-state index in [2.05, 4.69) is 19.2 Å². The summed E-state index contributed by atoms with van der Waals surface area (Å²) in [6.07, 6.45) is 8.15. The summed E-state index contributed by atoms with van der Waals surface area (Å²) in [5.41, 5.74) is -0.223. The predicted molar refractivity (Wildman–Crippen MR) is 237 cm³/mol. The Labute approximate surface area is 388 Å². The van der Waals surface area contributed by atoms with Crippen LogP contribution in [0, 0.1) is 21.0 Å². The predicted octanol–water partition coefficient (Wildman–Crippen LogP) is 7.21. The van der Waals surface area contributed by atoms with Gasteiger partial charge in [0.15, 0.2) is 0 Å². The standard InChI is InChI=1S/C47H55F2N6O8.Tl/c1-5-34-37(48)17-14-29-23-33(62-39-13-6-7-22-60-39)24-35(40(29)34)42-41(49)43-36(25-50-42)44(54-26-30-15-16-31(27-54)55(30)46(58)63-47(2,3)4)52-45(51-43)61-28-32-11-8-18-53(32)19-10-21-59-20-9-12-38(56)57;/h14,17,23-25,30-32,39H,6-13,15-16,18-22,26-28H2,2-4H3,(H,56,57);/t30?,31?,32-,39?;/m0./s1. The van der Waals surface area contributed by atoms with Crippen molar-refractivity contribution in [1.82, 2.24) is 24.8 Å². The number of halogens is 2. The van der Waals surface area contributed by atoms with Gasteiger partial charge in [0.1, 0.15) is 5.60 Å². The van der Waals surface area contributed by atoms with E-state index in [0.717, 1.165) is 58.0 Å². The third-order valence-corrected chi connectivity index (χ3v) is 12.8. The molecule has 4 aliphatic rings. The van der Waals surface area contributed by atoms with Crippen LogP contribution in [-0.2, 0) is 19.0 Å². The molecule has 8 rings (SSSR count). The third kappa shape index (κ3) is 10.6. The van der Waals surface area contributed by atoms with Crippen molar-refractivity contribution in [2.75, 3.05) is 57.5 Å². The number of aliphatic carboxylic acids is 1. The Morgan fingerprint density at radius 2 is 1.81 bits per heavy atom. The summed E-state index contributed by atoms with van der Waals surface area (Å²) in [4.78, 5) is 44.9. The zero-order valence-electron chi connectivity index (χ0n) is 36.7. The molecule has 4 saturated heterocycles. The molecule has 2 aromatic heterocycles. The summed E-state index contributed by atoms with van der Waals surface area (Å²) in [5, 5.41) is 10.3. The number of pyridine rings is 1. The van der Waals surface area contributed by atoms with Crippen molar-refractivity contribution < 1.29 is 47.2 Å². The van der Waals surface area contributed by atoms with E-state index in [0.29, 0.717) is 79.0 Å². The Kier molecular flexibility index (Phi) is 14.7. The second kappa shape index (κ2) is 20.4. The van der Waals surface area contributed by atoms with Gasteiger partial charge in [0.05, 0.1) is 12.1 Å². The molecule has 6 heterocycles. The van der Waals surface area contributed by atoms with Crippen molar-refractivity contribution in [3.63, 3.8) is 0 Å². The van der Waals surface area contributed by atoms with Crippen LogP contribution in [0.1, 0.15) is 90.5 Å². The minimum absolute atomic E-state index is 0.00116. The number of rotatable bonds is 15. The van der Waals surface area contributed by atoms with E-state index in [-0.39, 0.29) is 85.8 Å². The number of nitrogens with zero attached hydrogens (tertiary/aromatic N) is 6. The molecule has 1 N–H and O–H groups in total. The van der Waals surface area contributed by atoms with Gasteiger partial charge in [-0.3, -0.25) is 14.6 Å². The minimum atomic E-state index is -0.831. The normalized spacial score (nSPS) is 21.2. The Morgan fingerprint density at radius 3 is 2.55 bits per heavy atom. The average molecular weight is 1070 g/mol. The molecule has 4 fully saturated rings. The molecule has 0 spiro atoms. The first-order valence-electron chi connectivity index (χ1n) is 22.4. The van der Waals surface area contributed by atoms with Crippen LogP contribution in [0.2, 0.25) is 0 Å². The second-order valence-corrected chi connectivity index (χ2v) is 19.1. The van der Waals surface area contributed by atoms with Gasteiger partial charge in [-0.05, 0) is 65.8 Å². The molecule has 1 amide bonds. The summed E-state index contributed by atoms with van der Waals surface area (Å²) >= 11 is 0.284. The fourth-order valence-corrected chi connectivity index (χ4v) is 9.93. The van der Waals surface area contributed by atoms with Gasteiger partial charge < -0.3 is 14.6 Å². The SMILES string of the molecule is CC(C)(C)OC(=O)N1C2CCC1CN(c1nc(OC[C@@H]3CCCN3CCCOCCCC(=O)O)nc3c(F)c(-c4cc(OC5CCCCO5)cc5ccc(F)c(C#[C][Tl])c45)ncc13)C2. The van der Waals surface area contributed by atoms with Crippen molar-refractivity contribution in [1.29, 1.82) is 0 Å². The fourth-order valence-electron chi connectivity index (χ4n) is 9.37. The average Bonchev–Trinajstić information content (AvgIpc) is 3.83. The molecule has 4 aliphatic heterocycles. The number of carbonyl (C=O) groups is 2. The number of fused-ring (bicyclic) bond motifs is 4. The number of carboxylic acid groups (broad SMARTS) is 1. The van der Waals surface area contributed by atoms with Crippen molar-refractivity contribution in [2.24, 2.45) is 0 Å². The van der Waals surface area contributed by atoms with Crippen LogP contribution in [0.4, 0.5) is 19.4 Å². The van der Waals surface area contributed by atoms with E-state index >= 15 is 8.78 Å². The van der Waals surface area contributed by atoms with Crippen LogP contribution in [0.3, 0.4) is 0 Å². The zero-order chi connectivity index (χ0) is 45.0. The molecule has 3 unspecified atom stereocenters. The summed E-state index contributed by atoms with van der Waals surface area (Å²) in [5.74, 6) is 1.79. The van der Waals surface area contributed by atoms with E-state index in [9.17, 15) is 9.59 Å². The maximum absolute atomic E-state index is 17.7. The number of hydrogen-bond donors (Lipinski definition) is 1. The molecular formula is C47H55F2N6O8Tl. The van der Waals surface area contributed by atoms with Crippen molar-refractivity contribution in [3.8, 4) is 32.4 Å². The van der Waals surface area contributed by atoms with Crippen LogP contribution in [-0.4, -0.2) is 150 Å². The van der Waals surface area contributed by atoms with Crippen LogP contribution in [0.15, 0.2) is 30.5 Å². The van der Waals surface area contributed by atoms with Crippen LogP contribution < -0.4 is 14.4 Å². The fraction of sp³-hybridized carbons (Fsp3) is 0.553. The van der Waals surface area contributed by atoms with E-state index in [4.69, 9.17) is 43.7 Å². The van der Waals surface area contributed by atoms with Crippen molar-refractivity contribution >= 4 is 65.3 Å². The molecule has 0 saturated carbocycles. The van der Waals surface area contributed by atoms with Crippen LogP contribution in [0.25, 0.3) is 32.9 Å². The Hall–Kier alpha value is -4.45. The topological polar surface area (TPSA) is 149 Å². The number of aromatic nitrogens is 3. The first-order valence-corrected chi connectivity index (χ1v) is 24.7. The Morgan fingerprint density at radius 1 is 1.02 bits per heavy atom.